The van der Waals surface area contributed by atoms with Crippen molar-refractivity contribution in [1.29, 1.82) is 0 Å². The molecule has 0 atom stereocenters. The topological polar surface area (TPSA) is 114 Å². The van der Waals surface area contributed by atoms with Crippen molar-refractivity contribution in [3.8, 4) is 0 Å². The van der Waals surface area contributed by atoms with Gasteiger partial charge >= 0.3 is 11.6 Å². The number of carbonyl (C=O) groups is 2. The Morgan fingerprint density at radius 2 is 2.04 bits per heavy atom. The number of carboxylic acids is 1. The Morgan fingerprint density at radius 3 is 2.75 bits per heavy atom. The molecule has 2 aromatic heterocycles. The van der Waals surface area contributed by atoms with Gasteiger partial charge in [0.25, 0.3) is 5.91 Å². The van der Waals surface area contributed by atoms with Crippen molar-refractivity contribution in [3.05, 3.63) is 57.7 Å². The van der Waals surface area contributed by atoms with E-state index >= 15 is 0 Å². The molecule has 0 saturated heterocycles. The number of benzene rings is 1. The van der Waals surface area contributed by atoms with Gasteiger partial charge < -0.3 is 14.8 Å². The molecule has 24 heavy (non-hydrogen) atoms. The summed E-state index contributed by atoms with van der Waals surface area (Å²) in [5.74, 6) is -1.91. The first-order valence-electron chi connectivity index (χ1n) is 6.98. The Labute approximate surface area is 135 Å². The molecule has 0 aliphatic rings. The molecule has 2 N–H and O–H groups in total. The van der Waals surface area contributed by atoms with Gasteiger partial charge in [-0.1, -0.05) is 0 Å². The van der Waals surface area contributed by atoms with Crippen molar-refractivity contribution in [2.75, 3.05) is 5.32 Å². The summed E-state index contributed by atoms with van der Waals surface area (Å²) < 4.78 is 6.37. The monoisotopic (exact) mass is 327 g/mol. The second-order valence-corrected chi connectivity index (χ2v) is 5.28. The Bertz CT molecular complexity index is 1030. The van der Waals surface area contributed by atoms with E-state index in [4.69, 9.17) is 9.52 Å². The highest BCUT2D eigenvalue weighted by molar-refractivity contribution is 6.09. The number of rotatable bonds is 3. The smallest absolute Gasteiger partial charge is 0.339 e. The second-order valence-electron chi connectivity index (χ2n) is 5.28. The van der Waals surface area contributed by atoms with Crippen LogP contribution in [0.2, 0.25) is 0 Å². The predicted molar refractivity (Wildman–Crippen MR) is 85.3 cm³/mol. The lowest BCUT2D eigenvalue weighted by atomic mass is 10.1. The Hall–Kier alpha value is -3.42. The summed E-state index contributed by atoms with van der Waals surface area (Å²) in [5, 5.41) is 16.3. The van der Waals surface area contributed by atoms with E-state index in [0.29, 0.717) is 11.3 Å². The average Bonchev–Trinajstić information content (AvgIpc) is 2.89. The summed E-state index contributed by atoms with van der Waals surface area (Å²) in [6, 6.07) is 6.23. The van der Waals surface area contributed by atoms with Gasteiger partial charge in [-0.2, -0.15) is 5.10 Å². The summed E-state index contributed by atoms with van der Waals surface area (Å²) >= 11 is 0. The lowest BCUT2D eigenvalue weighted by Gasteiger charge is -2.06. The maximum atomic E-state index is 12.3. The van der Waals surface area contributed by atoms with Gasteiger partial charge in [0, 0.05) is 36.5 Å². The lowest BCUT2D eigenvalue weighted by molar-refractivity contribution is 0.0692. The number of nitrogens with zero attached hydrogens (tertiary/aromatic N) is 2. The highest BCUT2D eigenvalue weighted by Crippen LogP contribution is 2.21. The fourth-order valence-electron chi connectivity index (χ4n) is 2.41. The standard InChI is InChI=1S/C16H13N3O5/c1-8-5-13(20)24-12-6-9(3-4-10(8)12)17-15(21)14-11(16(22)23)7-19(2)18-14/h3-7H,1-2H3,(H,17,21)(H,22,23). The highest BCUT2D eigenvalue weighted by atomic mass is 16.4. The molecular formula is C16H13N3O5. The molecule has 0 bridgehead atoms. The number of aromatic nitrogens is 2. The average molecular weight is 327 g/mol. The van der Waals surface area contributed by atoms with E-state index < -0.39 is 17.5 Å². The van der Waals surface area contributed by atoms with Crippen molar-refractivity contribution in [2.45, 2.75) is 6.92 Å². The first-order valence-corrected chi connectivity index (χ1v) is 6.98. The molecule has 2 heterocycles. The third-order valence-electron chi connectivity index (χ3n) is 3.48. The zero-order valence-electron chi connectivity index (χ0n) is 12.9. The van der Waals surface area contributed by atoms with Gasteiger partial charge in [0.1, 0.15) is 11.1 Å². The number of carboxylic acid groups (broad SMARTS) is 1. The first-order chi connectivity index (χ1) is 11.3. The van der Waals surface area contributed by atoms with E-state index in [-0.39, 0.29) is 11.3 Å². The van der Waals surface area contributed by atoms with Gasteiger partial charge in [-0.25, -0.2) is 9.59 Å². The molecule has 0 fully saturated rings. The maximum Gasteiger partial charge on any atom is 0.339 e. The number of amides is 1. The highest BCUT2D eigenvalue weighted by Gasteiger charge is 2.21. The molecule has 0 radical (unpaired) electrons. The molecule has 1 aromatic carbocycles. The third kappa shape index (κ3) is 2.76. The molecule has 0 saturated carbocycles. The van der Waals surface area contributed by atoms with E-state index in [9.17, 15) is 14.4 Å². The van der Waals surface area contributed by atoms with E-state index in [2.05, 4.69) is 10.4 Å². The van der Waals surface area contributed by atoms with Crippen molar-refractivity contribution in [2.24, 2.45) is 7.05 Å². The molecule has 0 aliphatic heterocycles. The summed E-state index contributed by atoms with van der Waals surface area (Å²) in [6.45, 7) is 1.78. The van der Waals surface area contributed by atoms with Crippen LogP contribution in [0.1, 0.15) is 26.4 Å². The minimum Gasteiger partial charge on any atom is -0.478 e. The van der Waals surface area contributed by atoms with Crippen LogP contribution in [-0.2, 0) is 7.05 Å². The van der Waals surface area contributed by atoms with E-state index in [1.165, 1.54) is 30.1 Å². The molecule has 122 valence electrons. The number of hydrogen-bond acceptors (Lipinski definition) is 5. The van der Waals surface area contributed by atoms with Gasteiger partial charge in [0.05, 0.1) is 0 Å². The normalized spacial score (nSPS) is 10.8. The number of carbonyl (C=O) groups excluding carboxylic acids is 1. The number of nitrogens with one attached hydrogen (secondary N) is 1. The summed E-state index contributed by atoms with van der Waals surface area (Å²) in [4.78, 5) is 34.9. The molecule has 0 spiro atoms. The summed E-state index contributed by atoms with van der Waals surface area (Å²) in [5.41, 5.74) is 0.577. The SMILES string of the molecule is Cc1cc(=O)oc2cc(NC(=O)c3nn(C)cc3C(=O)O)ccc12. The van der Waals surface area contributed by atoms with Crippen LogP contribution < -0.4 is 10.9 Å². The molecule has 3 aromatic rings. The number of aryl methyl sites for hydroxylation is 2. The molecule has 8 nitrogen and oxygen atoms in total. The molecule has 0 aliphatic carbocycles. The van der Waals surface area contributed by atoms with Crippen LogP contribution in [0, 0.1) is 6.92 Å². The van der Waals surface area contributed by atoms with E-state index in [0.717, 1.165) is 10.9 Å². The van der Waals surface area contributed by atoms with Crippen LogP contribution in [0.3, 0.4) is 0 Å². The van der Waals surface area contributed by atoms with E-state index in [1.54, 1.807) is 19.1 Å². The van der Waals surface area contributed by atoms with Crippen molar-refractivity contribution < 1.29 is 19.1 Å². The van der Waals surface area contributed by atoms with Crippen LogP contribution in [0.25, 0.3) is 11.0 Å². The minimum absolute atomic E-state index is 0.196. The quantitative estimate of drug-likeness (QED) is 0.709. The van der Waals surface area contributed by atoms with Crippen LogP contribution in [0.4, 0.5) is 5.69 Å². The van der Waals surface area contributed by atoms with Crippen LogP contribution in [-0.4, -0.2) is 26.8 Å². The third-order valence-corrected chi connectivity index (χ3v) is 3.48. The molecule has 1 amide bonds. The summed E-state index contributed by atoms with van der Waals surface area (Å²) in [6.07, 6.45) is 1.25. The first kappa shape index (κ1) is 15.5. The van der Waals surface area contributed by atoms with Gasteiger partial charge in [-0.15, -0.1) is 0 Å². The van der Waals surface area contributed by atoms with Gasteiger partial charge in [-0.05, 0) is 24.6 Å². The number of hydrogen-bond donors (Lipinski definition) is 2. The van der Waals surface area contributed by atoms with Crippen LogP contribution in [0.15, 0.2) is 39.7 Å². The van der Waals surface area contributed by atoms with Crippen LogP contribution >= 0.6 is 0 Å². The van der Waals surface area contributed by atoms with E-state index in [1.807, 2.05) is 0 Å². The van der Waals surface area contributed by atoms with Crippen molar-refractivity contribution >= 4 is 28.5 Å². The Kier molecular flexibility index (Phi) is 3.64. The fraction of sp³-hybridized carbons (Fsp3) is 0.125. The Morgan fingerprint density at radius 1 is 1.29 bits per heavy atom. The second kappa shape index (κ2) is 5.65. The summed E-state index contributed by atoms with van der Waals surface area (Å²) in [7, 11) is 1.52. The fourth-order valence-corrected chi connectivity index (χ4v) is 2.41. The van der Waals surface area contributed by atoms with Crippen LogP contribution in [0.5, 0.6) is 0 Å². The lowest BCUT2D eigenvalue weighted by Crippen LogP contribution is -2.16. The number of fused-ring (bicyclic) bond motifs is 1. The number of anilines is 1. The maximum absolute atomic E-state index is 12.3. The van der Waals surface area contributed by atoms with Crippen molar-refractivity contribution in [3.63, 3.8) is 0 Å². The zero-order chi connectivity index (χ0) is 17.4. The van der Waals surface area contributed by atoms with Gasteiger partial charge in [-0.3, -0.25) is 9.48 Å². The molecule has 0 unspecified atom stereocenters. The Balaban J connectivity index is 1.96. The molecular weight excluding hydrogens is 314 g/mol. The van der Waals surface area contributed by atoms with Gasteiger partial charge in [0.2, 0.25) is 0 Å². The molecule has 8 heteroatoms. The minimum atomic E-state index is -1.24. The zero-order valence-corrected chi connectivity index (χ0v) is 12.9. The van der Waals surface area contributed by atoms with Crippen molar-refractivity contribution in [1.82, 2.24) is 9.78 Å². The predicted octanol–water partition coefficient (Wildman–Crippen LogP) is 1.79. The van der Waals surface area contributed by atoms with Gasteiger partial charge in [0.15, 0.2) is 5.69 Å². The largest absolute Gasteiger partial charge is 0.478 e. The number of aromatic carboxylic acids is 1. The molecule has 3 rings (SSSR count).